The van der Waals surface area contributed by atoms with Gasteiger partial charge in [0.25, 0.3) is 0 Å². The average Bonchev–Trinajstić information content (AvgIpc) is 2.15. The highest BCUT2D eigenvalue weighted by atomic mass is 15.3. The lowest BCUT2D eigenvalue weighted by molar-refractivity contribution is 0.183. The first-order chi connectivity index (χ1) is 5.88. The average molecular weight is 168 g/mol. The number of nitrogens with zero attached hydrogens (tertiary/aromatic N) is 2. The van der Waals surface area contributed by atoms with Gasteiger partial charge in [-0.15, -0.1) is 0 Å². The van der Waals surface area contributed by atoms with Crippen molar-refractivity contribution in [3.63, 3.8) is 0 Å². The van der Waals surface area contributed by atoms with Gasteiger partial charge in [-0.2, -0.15) is 5.26 Å². The van der Waals surface area contributed by atoms with Crippen LogP contribution < -0.4 is 10.6 Å². The molecular formula is C8H16N4. The van der Waals surface area contributed by atoms with E-state index in [0.29, 0.717) is 0 Å². The van der Waals surface area contributed by atoms with Crippen LogP contribution in [0.2, 0.25) is 0 Å². The van der Waals surface area contributed by atoms with Gasteiger partial charge in [0.15, 0.2) is 6.17 Å². The Morgan fingerprint density at radius 2 is 2.25 bits per heavy atom. The molecule has 0 spiro atoms. The third-order valence-electron chi connectivity index (χ3n) is 2.04. The minimum atomic E-state index is -0.0999. The Kier molecular flexibility index (Phi) is 4.01. The maximum atomic E-state index is 8.83. The Morgan fingerprint density at radius 1 is 1.58 bits per heavy atom. The molecule has 12 heavy (non-hydrogen) atoms. The number of nitriles is 1. The standard InChI is InChI=1S/C8H16N4/c1-2-11-8(7-9)12-5-3-10-4-6-12/h8,10-11H,2-6H2,1H3. The van der Waals surface area contributed by atoms with E-state index in [9.17, 15) is 0 Å². The fourth-order valence-electron chi connectivity index (χ4n) is 1.39. The molecule has 1 rings (SSSR count). The minimum absolute atomic E-state index is 0.0999. The van der Waals surface area contributed by atoms with E-state index in [0.717, 1.165) is 32.7 Å². The van der Waals surface area contributed by atoms with Crippen LogP contribution in [0.5, 0.6) is 0 Å². The molecular weight excluding hydrogens is 152 g/mol. The molecule has 1 aliphatic rings. The van der Waals surface area contributed by atoms with Crippen molar-refractivity contribution in [2.24, 2.45) is 0 Å². The molecule has 0 saturated carbocycles. The Hall–Kier alpha value is -0.630. The van der Waals surface area contributed by atoms with Gasteiger partial charge < -0.3 is 5.32 Å². The molecule has 1 unspecified atom stereocenters. The van der Waals surface area contributed by atoms with Crippen molar-refractivity contribution in [2.75, 3.05) is 32.7 Å². The molecule has 0 aromatic rings. The molecule has 0 amide bonds. The van der Waals surface area contributed by atoms with Gasteiger partial charge in [-0.05, 0) is 6.54 Å². The molecule has 1 fully saturated rings. The molecule has 2 N–H and O–H groups in total. The fraction of sp³-hybridized carbons (Fsp3) is 0.875. The van der Waals surface area contributed by atoms with Crippen molar-refractivity contribution >= 4 is 0 Å². The smallest absolute Gasteiger partial charge is 0.150 e. The van der Waals surface area contributed by atoms with Crippen LogP contribution in [0.25, 0.3) is 0 Å². The number of hydrogen-bond acceptors (Lipinski definition) is 4. The Morgan fingerprint density at radius 3 is 2.75 bits per heavy atom. The van der Waals surface area contributed by atoms with Gasteiger partial charge in [0, 0.05) is 26.2 Å². The molecule has 4 nitrogen and oxygen atoms in total. The summed E-state index contributed by atoms with van der Waals surface area (Å²) in [5.41, 5.74) is 0. The van der Waals surface area contributed by atoms with E-state index in [1.165, 1.54) is 0 Å². The second-order valence-electron chi connectivity index (χ2n) is 2.88. The zero-order chi connectivity index (χ0) is 8.81. The second kappa shape index (κ2) is 5.09. The van der Waals surface area contributed by atoms with Gasteiger partial charge in [0.2, 0.25) is 0 Å². The van der Waals surface area contributed by atoms with Crippen molar-refractivity contribution < 1.29 is 0 Å². The Labute approximate surface area is 73.5 Å². The quantitative estimate of drug-likeness (QED) is 0.588. The summed E-state index contributed by atoms with van der Waals surface area (Å²) < 4.78 is 0. The molecule has 68 valence electrons. The normalized spacial score (nSPS) is 21.7. The van der Waals surface area contributed by atoms with Crippen LogP contribution in [0, 0.1) is 11.3 Å². The molecule has 4 heteroatoms. The summed E-state index contributed by atoms with van der Waals surface area (Å²) in [6.07, 6.45) is -0.0999. The van der Waals surface area contributed by atoms with E-state index >= 15 is 0 Å². The summed E-state index contributed by atoms with van der Waals surface area (Å²) in [4.78, 5) is 2.17. The summed E-state index contributed by atoms with van der Waals surface area (Å²) in [7, 11) is 0. The summed E-state index contributed by atoms with van der Waals surface area (Å²) in [6.45, 7) is 6.78. The highest BCUT2D eigenvalue weighted by Crippen LogP contribution is 1.96. The first-order valence-electron chi connectivity index (χ1n) is 4.46. The van der Waals surface area contributed by atoms with Crippen LogP contribution in [0.15, 0.2) is 0 Å². The topological polar surface area (TPSA) is 51.1 Å². The summed E-state index contributed by atoms with van der Waals surface area (Å²) >= 11 is 0. The number of rotatable bonds is 3. The van der Waals surface area contributed by atoms with Gasteiger partial charge in [-0.3, -0.25) is 10.2 Å². The number of nitrogens with one attached hydrogen (secondary N) is 2. The van der Waals surface area contributed by atoms with E-state index < -0.39 is 0 Å². The van der Waals surface area contributed by atoms with Gasteiger partial charge in [-0.25, -0.2) is 0 Å². The van der Waals surface area contributed by atoms with Gasteiger partial charge in [-0.1, -0.05) is 6.92 Å². The molecule has 1 atom stereocenters. The predicted octanol–water partition coefficient (Wildman–Crippen LogP) is -0.649. The van der Waals surface area contributed by atoms with Crippen molar-refractivity contribution in [1.82, 2.24) is 15.5 Å². The molecule has 1 saturated heterocycles. The van der Waals surface area contributed by atoms with Crippen molar-refractivity contribution in [1.29, 1.82) is 5.26 Å². The largest absolute Gasteiger partial charge is 0.314 e. The molecule has 0 radical (unpaired) electrons. The van der Waals surface area contributed by atoms with Crippen LogP contribution in [0.3, 0.4) is 0 Å². The summed E-state index contributed by atoms with van der Waals surface area (Å²) in [5, 5.41) is 15.2. The fourth-order valence-corrected chi connectivity index (χ4v) is 1.39. The van der Waals surface area contributed by atoms with Crippen LogP contribution >= 0.6 is 0 Å². The van der Waals surface area contributed by atoms with Crippen LogP contribution in [-0.2, 0) is 0 Å². The molecule has 1 heterocycles. The van der Waals surface area contributed by atoms with Gasteiger partial charge in [0.1, 0.15) is 0 Å². The highest BCUT2D eigenvalue weighted by Gasteiger charge is 2.18. The summed E-state index contributed by atoms with van der Waals surface area (Å²) in [6, 6.07) is 2.26. The molecule has 0 aromatic carbocycles. The van der Waals surface area contributed by atoms with E-state index in [1.807, 2.05) is 6.92 Å². The van der Waals surface area contributed by atoms with Crippen LogP contribution in [-0.4, -0.2) is 43.8 Å². The van der Waals surface area contributed by atoms with Crippen molar-refractivity contribution in [3.8, 4) is 6.07 Å². The first-order valence-corrected chi connectivity index (χ1v) is 4.46. The van der Waals surface area contributed by atoms with Crippen LogP contribution in [0.4, 0.5) is 0 Å². The maximum absolute atomic E-state index is 8.83. The lowest BCUT2D eigenvalue weighted by Gasteiger charge is -2.31. The van der Waals surface area contributed by atoms with Gasteiger partial charge in [0.05, 0.1) is 6.07 Å². The SMILES string of the molecule is CCNC(C#N)N1CCNCC1. The molecule has 0 aliphatic carbocycles. The van der Waals surface area contributed by atoms with E-state index in [4.69, 9.17) is 5.26 Å². The first kappa shape index (κ1) is 9.46. The third-order valence-corrected chi connectivity index (χ3v) is 2.04. The maximum Gasteiger partial charge on any atom is 0.150 e. The van der Waals surface area contributed by atoms with Crippen LogP contribution in [0.1, 0.15) is 6.92 Å². The van der Waals surface area contributed by atoms with Crippen molar-refractivity contribution in [2.45, 2.75) is 13.1 Å². The zero-order valence-corrected chi connectivity index (χ0v) is 7.51. The van der Waals surface area contributed by atoms with Gasteiger partial charge >= 0.3 is 0 Å². The highest BCUT2D eigenvalue weighted by molar-refractivity contribution is 4.90. The monoisotopic (exact) mass is 168 g/mol. The lowest BCUT2D eigenvalue weighted by atomic mass is 10.3. The lowest BCUT2D eigenvalue weighted by Crippen LogP contribution is -2.53. The van der Waals surface area contributed by atoms with E-state index in [1.54, 1.807) is 0 Å². The van der Waals surface area contributed by atoms with Crippen molar-refractivity contribution in [3.05, 3.63) is 0 Å². The predicted molar refractivity (Wildman–Crippen MR) is 47.5 cm³/mol. The van der Waals surface area contributed by atoms with E-state index in [2.05, 4.69) is 21.6 Å². The molecule has 1 aliphatic heterocycles. The Balaban J connectivity index is 2.36. The van der Waals surface area contributed by atoms with E-state index in [-0.39, 0.29) is 6.17 Å². The number of hydrogen-bond donors (Lipinski definition) is 2. The molecule has 0 bridgehead atoms. The third kappa shape index (κ3) is 2.45. The minimum Gasteiger partial charge on any atom is -0.314 e. The summed E-state index contributed by atoms with van der Waals surface area (Å²) in [5.74, 6) is 0. The Bertz CT molecular complexity index is 157. The molecule has 0 aromatic heterocycles. The zero-order valence-electron chi connectivity index (χ0n) is 7.51. The number of piperazine rings is 1. The second-order valence-corrected chi connectivity index (χ2v) is 2.88.